The maximum atomic E-state index is 11.1. The van der Waals surface area contributed by atoms with Crippen LogP contribution >= 0.6 is 0 Å². The quantitative estimate of drug-likeness (QED) is 0.559. The molecule has 0 aliphatic heterocycles. The monoisotopic (exact) mass is 142 g/mol. The lowest BCUT2D eigenvalue weighted by molar-refractivity contribution is -0.132. The lowest BCUT2D eigenvalue weighted by Gasteiger charge is -2.08. The SMILES string of the molecule is CC(=O)[C@H](C)C(=O)C(C)C. The van der Waals surface area contributed by atoms with E-state index in [1.807, 2.05) is 13.8 Å². The Morgan fingerprint density at radius 1 is 1.10 bits per heavy atom. The summed E-state index contributed by atoms with van der Waals surface area (Å²) >= 11 is 0. The highest BCUT2D eigenvalue weighted by Crippen LogP contribution is 2.06. The van der Waals surface area contributed by atoms with Crippen molar-refractivity contribution in [1.29, 1.82) is 0 Å². The van der Waals surface area contributed by atoms with E-state index in [9.17, 15) is 9.59 Å². The summed E-state index contributed by atoms with van der Waals surface area (Å²) in [6.45, 7) is 6.72. The summed E-state index contributed by atoms with van der Waals surface area (Å²) in [6.07, 6.45) is 0. The molecule has 0 heterocycles. The molecule has 2 nitrogen and oxygen atoms in total. The summed E-state index contributed by atoms with van der Waals surface area (Å²) in [4.78, 5) is 21.7. The van der Waals surface area contributed by atoms with Crippen LogP contribution in [0.5, 0.6) is 0 Å². The molecule has 2 heteroatoms. The van der Waals surface area contributed by atoms with Gasteiger partial charge in [-0.25, -0.2) is 0 Å². The number of carbonyl (C=O) groups is 2. The third kappa shape index (κ3) is 2.29. The van der Waals surface area contributed by atoms with Crippen LogP contribution < -0.4 is 0 Å². The highest BCUT2D eigenvalue weighted by atomic mass is 16.1. The second-order valence-corrected chi connectivity index (χ2v) is 2.89. The molecule has 58 valence electrons. The van der Waals surface area contributed by atoms with Crippen LogP contribution in [0.15, 0.2) is 0 Å². The van der Waals surface area contributed by atoms with Crippen LogP contribution in [-0.2, 0) is 9.59 Å². The van der Waals surface area contributed by atoms with E-state index in [1.165, 1.54) is 6.92 Å². The van der Waals surface area contributed by atoms with Crippen molar-refractivity contribution < 1.29 is 9.59 Å². The maximum absolute atomic E-state index is 11.1. The van der Waals surface area contributed by atoms with E-state index < -0.39 is 5.92 Å². The van der Waals surface area contributed by atoms with Gasteiger partial charge in [-0.15, -0.1) is 0 Å². The van der Waals surface area contributed by atoms with Crippen LogP contribution in [-0.4, -0.2) is 11.6 Å². The second-order valence-electron chi connectivity index (χ2n) is 2.89. The Bertz CT molecular complexity index is 147. The molecule has 0 unspecified atom stereocenters. The lowest BCUT2D eigenvalue weighted by atomic mass is 9.94. The van der Waals surface area contributed by atoms with Gasteiger partial charge in [-0.05, 0) is 13.8 Å². The van der Waals surface area contributed by atoms with Crippen molar-refractivity contribution in [2.45, 2.75) is 27.7 Å². The van der Waals surface area contributed by atoms with Gasteiger partial charge in [0.15, 0.2) is 0 Å². The summed E-state index contributed by atoms with van der Waals surface area (Å²) < 4.78 is 0. The molecule has 0 aromatic rings. The molecule has 0 bridgehead atoms. The van der Waals surface area contributed by atoms with Crippen LogP contribution in [0, 0.1) is 11.8 Å². The predicted octanol–water partition coefficient (Wildman–Crippen LogP) is 1.44. The third-order valence-electron chi connectivity index (χ3n) is 1.61. The highest BCUT2D eigenvalue weighted by Gasteiger charge is 2.19. The third-order valence-corrected chi connectivity index (χ3v) is 1.61. The molecule has 1 atom stereocenters. The molecule has 0 amide bonds. The molecule has 0 rings (SSSR count). The molecule has 0 fully saturated rings. The van der Waals surface area contributed by atoms with Gasteiger partial charge in [-0.1, -0.05) is 13.8 Å². The molecule has 0 saturated heterocycles. The van der Waals surface area contributed by atoms with Crippen LogP contribution in [0.2, 0.25) is 0 Å². The molecular weight excluding hydrogens is 128 g/mol. The Kier molecular flexibility index (Phi) is 3.26. The fraction of sp³-hybridized carbons (Fsp3) is 0.750. The van der Waals surface area contributed by atoms with Gasteiger partial charge in [0.05, 0.1) is 5.92 Å². The summed E-state index contributed by atoms with van der Waals surface area (Å²) in [5, 5.41) is 0. The van der Waals surface area contributed by atoms with Gasteiger partial charge in [-0.3, -0.25) is 9.59 Å². The van der Waals surface area contributed by atoms with Crippen molar-refractivity contribution in [2.24, 2.45) is 11.8 Å². The summed E-state index contributed by atoms with van der Waals surface area (Å²) in [6, 6.07) is 0. The smallest absolute Gasteiger partial charge is 0.145 e. The Labute approximate surface area is 61.6 Å². The molecule has 0 saturated carbocycles. The molecular formula is C8H14O2. The molecule has 0 radical (unpaired) electrons. The van der Waals surface area contributed by atoms with Crippen LogP contribution in [0.25, 0.3) is 0 Å². The zero-order valence-electron chi connectivity index (χ0n) is 6.97. The second kappa shape index (κ2) is 3.49. The number of rotatable bonds is 3. The van der Waals surface area contributed by atoms with E-state index in [-0.39, 0.29) is 17.5 Å². The van der Waals surface area contributed by atoms with Gasteiger partial charge in [0.25, 0.3) is 0 Å². The van der Waals surface area contributed by atoms with Crippen LogP contribution in [0.4, 0.5) is 0 Å². The standard InChI is InChI=1S/C8H14O2/c1-5(2)8(10)6(3)7(4)9/h5-6H,1-4H3/t6-/m0/s1. The fourth-order valence-corrected chi connectivity index (χ4v) is 0.700. The largest absolute Gasteiger partial charge is 0.299 e. The first-order chi connectivity index (χ1) is 4.46. The van der Waals surface area contributed by atoms with Crippen molar-refractivity contribution >= 4 is 11.6 Å². The van der Waals surface area contributed by atoms with Gasteiger partial charge in [0.2, 0.25) is 0 Å². The number of ketones is 2. The predicted molar refractivity (Wildman–Crippen MR) is 39.7 cm³/mol. The van der Waals surface area contributed by atoms with Gasteiger partial charge in [0, 0.05) is 5.92 Å². The molecule has 0 spiro atoms. The van der Waals surface area contributed by atoms with Gasteiger partial charge in [-0.2, -0.15) is 0 Å². The van der Waals surface area contributed by atoms with Gasteiger partial charge < -0.3 is 0 Å². The minimum atomic E-state index is -0.417. The van der Waals surface area contributed by atoms with E-state index in [1.54, 1.807) is 6.92 Å². The summed E-state index contributed by atoms with van der Waals surface area (Å²) in [5.41, 5.74) is 0. The molecule has 0 aliphatic carbocycles. The van der Waals surface area contributed by atoms with Crippen molar-refractivity contribution in [3.63, 3.8) is 0 Å². The normalized spacial score (nSPS) is 13.3. The van der Waals surface area contributed by atoms with Crippen molar-refractivity contribution in [2.75, 3.05) is 0 Å². The van der Waals surface area contributed by atoms with Crippen molar-refractivity contribution in [3.05, 3.63) is 0 Å². The molecule has 0 N–H and O–H groups in total. The lowest BCUT2D eigenvalue weighted by Crippen LogP contribution is -2.22. The first kappa shape index (κ1) is 9.34. The van der Waals surface area contributed by atoms with Crippen molar-refractivity contribution in [1.82, 2.24) is 0 Å². The summed E-state index contributed by atoms with van der Waals surface area (Å²) in [5.74, 6) is -0.454. The minimum Gasteiger partial charge on any atom is -0.299 e. The first-order valence-corrected chi connectivity index (χ1v) is 3.51. The highest BCUT2D eigenvalue weighted by molar-refractivity contribution is 6.01. The Morgan fingerprint density at radius 2 is 1.50 bits per heavy atom. The van der Waals surface area contributed by atoms with E-state index in [0.29, 0.717) is 0 Å². The van der Waals surface area contributed by atoms with Crippen molar-refractivity contribution in [3.8, 4) is 0 Å². The molecule has 0 aromatic carbocycles. The topological polar surface area (TPSA) is 34.1 Å². The zero-order chi connectivity index (χ0) is 8.31. The van der Waals surface area contributed by atoms with E-state index >= 15 is 0 Å². The average molecular weight is 142 g/mol. The Balaban J connectivity index is 4.08. The summed E-state index contributed by atoms with van der Waals surface area (Å²) in [7, 11) is 0. The number of hydrogen-bond donors (Lipinski definition) is 0. The van der Waals surface area contributed by atoms with Gasteiger partial charge in [0.1, 0.15) is 11.6 Å². The maximum Gasteiger partial charge on any atom is 0.145 e. The average Bonchev–Trinajstić information content (AvgIpc) is 1.84. The van der Waals surface area contributed by atoms with E-state index in [4.69, 9.17) is 0 Å². The van der Waals surface area contributed by atoms with Crippen LogP contribution in [0.1, 0.15) is 27.7 Å². The zero-order valence-corrected chi connectivity index (χ0v) is 6.97. The number of carbonyl (C=O) groups excluding carboxylic acids is 2. The molecule has 10 heavy (non-hydrogen) atoms. The van der Waals surface area contributed by atoms with E-state index in [0.717, 1.165) is 0 Å². The minimum absolute atomic E-state index is 0.0288. The Morgan fingerprint density at radius 3 is 1.60 bits per heavy atom. The Hall–Kier alpha value is -0.660. The van der Waals surface area contributed by atoms with Gasteiger partial charge >= 0.3 is 0 Å². The number of hydrogen-bond acceptors (Lipinski definition) is 2. The first-order valence-electron chi connectivity index (χ1n) is 3.51. The number of Topliss-reactive ketones (excluding diaryl/α,β-unsaturated/α-hetero) is 2. The van der Waals surface area contributed by atoms with Crippen LogP contribution in [0.3, 0.4) is 0 Å². The van der Waals surface area contributed by atoms with E-state index in [2.05, 4.69) is 0 Å². The molecule has 0 aliphatic rings. The molecule has 0 aromatic heterocycles. The fourth-order valence-electron chi connectivity index (χ4n) is 0.700.